The number of carbonyl (C=O) groups excluding carboxylic acids is 1. The van der Waals surface area contributed by atoms with Gasteiger partial charge in [0.05, 0.1) is 37.1 Å². The van der Waals surface area contributed by atoms with Gasteiger partial charge < -0.3 is 20.1 Å². The number of likely N-dealkylation sites (tertiary alicyclic amines) is 1. The second kappa shape index (κ2) is 8.38. The average Bonchev–Trinajstić information content (AvgIpc) is 3.15. The highest BCUT2D eigenvalue weighted by Gasteiger charge is 2.33. The van der Waals surface area contributed by atoms with Crippen LogP contribution in [-0.2, 0) is 0 Å². The molecule has 1 N–H and O–H groups in total. The van der Waals surface area contributed by atoms with Crippen molar-refractivity contribution in [1.29, 1.82) is 0 Å². The molecule has 0 bridgehead atoms. The Hall–Kier alpha value is -2.02. The molecule has 1 amide bonds. The van der Waals surface area contributed by atoms with E-state index < -0.39 is 0 Å². The minimum atomic E-state index is -0.112. The highest BCUT2D eigenvalue weighted by Crippen LogP contribution is 2.49. The summed E-state index contributed by atoms with van der Waals surface area (Å²) in [5.74, 6) is -0.0435. The number of nitrogens with one attached hydrogen (secondary N) is 1. The second-order valence-electron chi connectivity index (χ2n) is 8.12. The number of hydrogen-bond acceptors (Lipinski definition) is 4. The number of carbonyl (C=O) groups is 1. The fourth-order valence-electron chi connectivity index (χ4n) is 4.40. The van der Waals surface area contributed by atoms with Crippen LogP contribution in [0, 0.1) is 5.21 Å². The summed E-state index contributed by atoms with van der Waals surface area (Å²) in [5, 5.41) is 16.1. The molecule has 1 saturated heterocycles. The van der Waals surface area contributed by atoms with Gasteiger partial charge in [-0.05, 0) is 43.7 Å². The van der Waals surface area contributed by atoms with Crippen molar-refractivity contribution in [2.24, 2.45) is 0 Å². The maximum atomic E-state index is 13.1. The summed E-state index contributed by atoms with van der Waals surface area (Å²) >= 11 is 1.73. The molecule has 154 valence electrons. The van der Waals surface area contributed by atoms with Crippen LogP contribution < -0.4 is 10.2 Å². The van der Waals surface area contributed by atoms with Crippen LogP contribution in [0.3, 0.4) is 0 Å². The molecule has 6 heteroatoms. The van der Waals surface area contributed by atoms with E-state index in [1.165, 1.54) is 4.90 Å². The van der Waals surface area contributed by atoms with Gasteiger partial charge in [-0.1, -0.05) is 30.8 Å². The number of benzene rings is 2. The summed E-state index contributed by atoms with van der Waals surface area (Å²) in [5.41, 5.74) is 2.81. The van der Waals surface area contributed by atoms with Crippen molar-refractivity contribution in [2.45, 2.75) is 48.9 Å². The zero-order valence-corrected chi connectivity index (χ0v) is 18.0. The molecule has 0 spiro atoms. The number of rotatable bonds is 6. The molecule has 2 heterocycles. The standard InChI is InChI=1S/C23H29N3O2S/c1-3-12-24-23(27)18-10-11-22-20(15-18)25(19-8-4-5-9-21(19)29-22)17(2)16-26(28)13-6-7-14-26/h4-5,8-11,15,17H,3,6-7,12-14,16H2,1-2H3,(H,24,27). The first-order chi connectivity index (χ1) is 14.0. The van der Waals surface area contributed by atoms with Gasteiger partial charge >= 0.3 is 0 Å². The van der Waals surface area contributed by atoms with E-state index in [-0.39, 0.29) is 16.6 Å². The normalized spacial score (nSPS) is 18.1. The molecule has 1 unspecified atom stereocenters. The average molecular weight is 412 g/mol. The van der Waals surface area contributed by atoms with Crippen LogP contribution in [0.25, 0.3) is 0 Å². The lowest BCUT2D eigenvalue weighted by Crippen LogP contribution is -2.49. The number of para-hydroxylation sites is 1. The Morgan fingerprint density at radius 1 is 1.17 bits per heavy atom. The first-order valence-electron chi connectivity index (χ1n) is 10.6. The van der Waals surface area contributed by atoms with Crippen LogP contribution in [-0.4, -0.2) is 42.8 Å². The molecule has 4 rings (SSSR count). The van der Waals surface area contributed by atoms with Gasteiger partial charge in [0.2, 0.25) is 0 Å². The Bertz CT molecular complexity index is 895. The van der Waals surface area contributed by atoms with Crippen LogP contribution in [0.4, 0.5) is 11.4 Å². The van der Waals surface area contributed by atoms with E-state index in [0.29, 0.717) is 31.7 Å². The Balaban J connectivity index is 1.70. The molecule has 0 aliphatic carbocycles. The summed E-state index contributed by atoms with van der Waals surface area (Å²) in [4.78, 5) is 17.1. The largest absolute Gasteiger partial charge is 0.633 e. The summed E-state index contributed by atoms with van der Waals surface area (Å²) < 4.78 is -0.112. The highest BCUT2D eigenvalue weighted by molar-refractivity contribution is 7.99. The van der Waals surface area contributed by atoms with E-state index in [9.17, 15) is 10.0 Å². The smallest absolute Gasteiger partial charge is 0.251 e. The second-order valence-corrected chi connectivity index (χ2v) is 9.21. The van der Waals surface area contributed by atoms with Gasteiger partial charge in [0.25, 0.3) is 5.91 Å². The van der Waals surface area contributed by atoms with Gasteiger partial charge in [-0.15, -0.1) is 0 Å². The van der Waals surface area contributed by atoms with Crippen LogP contribution in [0.15, 0.2) is 52.3 Å². The number of hydroxylamine groups is 3. The zero-order chi connectivity index (χ0) is 20.4. The minimum Gasteiger partial charge on any atom is -0.633 e. The molecule has 29 heavy (non-hydrogen) atoms. The Labute approximate surface area is 177 Å². The van der Waals surface area contributed by atoms with E-state index in [0.717, 1.165) is 35.5 Å². The number of quaternary nitrogens is 1. The number of nitrogens with zero attached hydrogens (tertiary/aromatic N) is 2. The van der Waals surface area contributed by atoms with Crippen LogP contribution in [0.5, 0.6) is 0 Å². The van der Waals surface area contributed by atoms with Crippen molar-refractivity contribution in [3.63, 3.8) is 0 Å². The Morgan fingerprint density at radius 2 is 1.90 bits per heavy atom. The van der Waals surface area contributed by atoms with E-state index in [4.69, 9.17) is 0 Å². The lowest BCUT2D eigenvalue weighted by molar-refractivity contribution is -0.868. The third kappa shape index (κ3) is 4.15. The number of fused-ring (bicyclic) bond motifs is 2. The topological polar surface area (TPSA) is 55.4 Å². The Morgan fingerprint density at radius 3 is 2.66 bits per heavy atom. The van der Waals surface area contributed by atoms with E-state index >= 15 is 0 Å². The van der Waals surface area contributed by atoms with Gasteiger partial charge in [-0.2, -0.15) is 0 Å². The third-order valence-electron chi connectivity index (χ3n) is 5.78. The molecule has 1 fully saturated rings. The molecule has 2 aromatic carbocycles. The van der Waals surface area contributed by atoms with E-state index in [2.05, 4.69) is 29.3 Å². The van der Waals surface area contributed by atoms with Crippen LogP contribution >= 0.6 is 11.8 Å². The first-order valence-corrected chi connectivity index (χ1v) is 11.4. The molecule has 0 radical (unpaired) electrons. The molecular formula is C23H29N3O2S. The molecular weight excluding hydrogens is 382 g/mol. The predicted molar refractivity (Wildman–Crippen MR) is 119 cm³/mol. The van der Waals surface area contributed by atoms with Gasteiger partial charge in [0.1, 0.15) is 0 Å². The summed E-state index contributed by atoms with van der Waals surface area (Å²) in [6.45, 7) is 6.83. The monoisotopic (exact) mass is 411 g/mol. The fourth-order valence-corrected chi connectivity index (χ4v) is 5.45. The summed E-state index contributed by atoms with van der Waals surface area (Å²) in [6.07, 6.45) is 2.94. The van der Waals surface area contributed by atoms with Crippen LogP contribution in [0.1, 0.15) is 43.5 Å². The SMILES string of the molecule is CCCNC(=O)c1ccc2c(c1)N(C(C)C[N+]1([O-])CCCC1)c1ccccc1S2. The van der Waals surface area contributed by atoms with E-state index in [1.54, 1.807) is 11.8 Å². The van der Waals surface area contributed by atoms with Crippen molar-refractivity contribution < 1.29 is 9.44 Å². The minimum absolute atomic E-state index is 0.0420. The lowest BCUT2D eigenvalue weighted by atomic mass is 10.1. The molecule has 2 aromatic rings. The first kappa shape index (κ1) is 20.3. The summed E-state index contributed by atoms with van der Waals surface area (Å²) in [7, 11) is 0. The van der Waals surface area contributed by atoms with Crippen molar-refractivity contribution in [1.82, 2.24) is 5.32 Å². The Kier molecular flexibility index (Phi) is 5.86. The van der Waals surface area contributed by atoms with Crippen LogP contribution in [0.2, 0.25) is 0 Å². The molecule has 5 nitrogen and oxygen atoms in total. The number of hydrogen-bond donors (Lipinski definition) is 1. The molecule has 2 aliphatic heterocycles. The zero-order valence-electron chi connectivity index (χ0n) is 17.2. The molecule has 0 aromatic heterocycles. The maximum Gasteiger partial charge on any atom is 0.251 e. The highest BCUT2D eigenvalue weighted by atomic mass is 32.2. The fraction of sp³-hybridized carbons (Fsp3) is 0.435. The predicted octanol–water partition coefficient (Wildman–Crippen LogP) is 4.93. The molecule has 2 aliphatic rings. The van der Waals surface area contributed by atoms with Crippen molar-refractivity contribution >= 4 is 29.0 Å². The quantitative estimate of drug-likeness (QED) is 0.541. The van der Waals surface area contributed by atoms with Gasteiger partial charge in [-0.3, -0.25) is 4.79 Å². The van der Waals surface area contributed by atoms with Gasteiger partial charge in [0.15, 0.2) is 0 Å². The maximum absolute atomic E-state index is 13.1. The van der Waals surface area contributed by atoms with Crippen molar-refractivity contribution in [3.8, 4) is 0 Å². The third-order valence-corrected chi connectivity index (χ3v) is 6.91. The molecule has 1 atom stereocenters. The van der Waals surface area contributed by atoms with Gasteiger partial charge in [0, 0.05) is 34.7 Å². The van der Waals surface area contributed by atoms with Crippen molar-refractivity contribution in [2.75, 3.05) is 31.1 Å². The van der Waals surface area contributed by atoms with Crippen molar-refractivity contribution in [3.05, 3.63) is 53.2 Å². The summed E-state index contributed by atoms with van der Waals surface area (Å²) in [6, 6.07) is 14.3. The number of amides is 1. The van der Waals surface area contributed by atoms with E-state index in [1.807, 2.05) is 37.3 Å². The number of anilines is 2. The van der Waals surface area contributed by atoms with Gasteiger partial charge in [-0.25, -0.2) is 0 Å². The lowest BCUT2D eigenvalue weighted by Gasteiger charge is -2.45. The molecule has 0 saturated carbocycles.